The maximum atomic E-state index is 13.6. The van der Waals surface area contributed by atoms with Gasteiger partial charge in [-0.25, -0.2) is 4.39 Å². The third-order valence-corrected chi connectivity index (χ3v) is 4.50. The predicted octanol–water partition coefficient (Wildman–Crippen LogP) is 1.85. The van der Waals surface area contributed by atoms with Crippen molar-refractivity contribution in [3.05, 3.63) is 35.6 Å². The summed E-state index contributed by atoms with van der Waals surface area (Å²) in [6, 6.07) is 6.80. The number of rotatable bonds is 7. The molecule has 0 saturated carbocycles. The molecule has 1 heterocycles. The highest BCUT2D eigenvalue weighted by atomic mass is 19.1. The maximum Gasteiger partial charge on any atom is 0.191 e. The fourth-order valence-corrected chi connectivity index (χ4v) is 2.92. The van der Waals surface area contributed by atoms with E-state index in [1.54, 1.807) is 26.3 Å². The molecule has 0 bridgehead atoms. The van der Waals surface area contributed by atoms with Gasteiger partial charge in [-0.3, -0.25) is 4.99 Å². The van der Waals surface area contributed by atoms with E-state index in [-0.39, 0.29) is 5.82 Å². The van der Waals surface area contributed by atoms with Gasteiger partial charge in [-0.1, -0.05) is 18.2 Å². The Bertz CT molecular complexity index is 515. The number of hydrogen-bond acceptors (Lipinski definition) is 3. The number of ether oxygens (including phenoxy) is 1. The molecule has 1 aliphatic rings. The molecule has 0 radical (unpaired) electrons. The number of benzene rings is 1. The van der Waals surface area contributed by atoms with Crippen molar-refractivity contribution < 1.29 is 9.13 Å². The number of halogens is 1. The second-order valence-corrected chi connectivity index (χ2v) is 6.18. The lowest BCUT2D eigenvalue weighted by Crippen LogP contribution is -2.43. The largest absolute Gasteiger partial charge is 0.383 e. The van der Waals surface area contributed by atoms with Crippen molar-refractivity contribution in [1.82, 2.24) is 15.5 Å². The Morgan fingerprint density at radius 1 is 1.29 bits per heavy atom. The molecule has 0 amide bonds. The number of hydrogen-bond donors (Lipinski definition) is 2. The monoisotopic (exact) mass is 336 g/mol. The molecular formula is C18H29FN4O. The number of piperidine rings is 1. The first-order chi connectivity index (χ1) is 11.7. The number of nitrogens with one attached hydrogen (secondary N) is 2. The number of likely N-dealkylation sites (tertiary alicyclic amines) is 1. The Labute approximate surface area is 144 Å². The molecule has 134 valence electrons. The fourth-order valence-electron chi connectivity index (χ4n) is 2.92. The van der Waals surface area contributed by atoms with Gasteiger partial charge in [-0.05, 0) is 37.9 Å². The van der Waals surface area contributed by atoms with Gasteiger partial charge in [-0.2, -0.15) is 0 Å². The first-order valence-corrected chi connectivity index (χ1v) is 8.62. The lowest BCUT2D eigenvalue weighted by Gasteiger charge is -2.32. The summed E-state index contributed by atoms with van der Waals surface area (Å²) in [5, 5.41) is 6.53. The summed E-state index contributed by atoms with van der Waals surface area (Å²) in [6.45, 7) is 5.39. The number of aliphatic imine (C=N–C) groups is 1. The molecule has 5 nitrogen and oxygen atoms in total. The van der Waals surface area contributed by atoms with E-state index in [1.807, 2.05) is 6.07 Å². The van der Waals surface area contributed by atoms with E-state index in [0.717, 1.165) is 38.7 Å². The Morgan fingerprint density at radius 2 is 2.04 bits per heavy atom. The highest BCUT2D eigenvalue weighted by molar-refractivity contribution is 5.79. The minimum absolute atomic E-state index is 0.191. The minimum atomic E-state index is -0.191. The zero-order valence-electron chi connectivity index (χ0n) is 14.7. The standard InChI is InChI=1S/C18H29FN4O/c1-20-18(22-14-16-5-3-4-6-17(16)19)21-13-15-7-9-23(10-8-15)11-12-24-2/h3-6,15H,7-14H2,1-2H3,(H2,20,21,22). The van der Waals surface area contributed by atoms with E-state index < -0.39 is 0 Å². The summed E-state index contributed by atoms with van der Waals surface area (Å²) in [7, 11) is 3.49. The fraction of sp³-hybridized carbons (Fsp3) is 0.611. The van der Waals surface area contributed by atoms with E-state index in [2.05, 4.69) is 20.5 Å². The molecule has 1 aliphatic heterocycles. The number of nitrogens with zero attached hydrogens (tertiary/aromatic N) is 2. The molecule has 0 unspecified atom stereocenters. The van der Waals surface area contributed by atoms with Gasteiger partial charge in [-0.15, -0.1) is 0 Å². The lowest BCUT2D eigenvalue weighted by atomic mass is 9.97. The lowest BCUT2D eigenvalue weighted by molar-refractivity contribution is 0.121. The first kappa shape index (κ1) is 18.7. The van der Waals surface area contributed by atoms with Crippen LogP contribution < -0.4 is 10.6 Å². The van der Waals surface area contributed by atoms with Crippen LogP contribution in [0.2, 0.25) is 0 Å². The minimum Gasteiger partial charge on any atom is -0.383 e. The van der Waals surface area contributed by atoms with Gasteiger partial charge in [0.2, 0.25) is 0 Å². The Hall–Kier alpha value is -1.66. The Kier molecular flexibility index (Phi) is 7.98. The molecule has 24 heavy (non-hydrogen) atoms. The molecule has 2 N–H and O–H groups in total. The van der Waals surface area contributed by atoms with Gasteiger partial charge < -0.3 is 20.3 Å². The van der Waals surface area contributed by atoms with Crippen LogP contribution in [0.15, 0.2) is 29.3 Å². The van der Waals surface area contributed by atoms with Crippen molar-refractivity contribution in [3.8, 4) is 0 Å². The van der Waals surface area contributed by atoms with E-state index in [1.165, 1.54) is 18.9 Å². The molecule has 0 aliphatic carbocycles. The summed E-state index contributed by atoms with van der Waals surface area (Å²) >= 11 is 0. The topological polar surface area (TPSA) is 48.9 Å². The second kappa shape index (κ2) is 10.3. The number of guanidine groups is 1. The van der Waals surface area contributed by atoms with Crippen LogP contribution in [0.4, 0.5) is 4.39 Å². The van der Waals surface area contributed by atoms with Crippen molar-refractivity contribution in [3.63, 3.8) is 0 Å². The summed E-state index contributed by atoms with van der Waals surface area (Å²) in [5.41, 5.74) is 0.645. The molecular weight excluding hydrogens is 307 g/mol. The van der Waals surface area contributed by atoms with Crippen LogP contribution in [0.5, 0.6) is 0 Å². The smallest absolute Gasteiger partial charge is 0.191 e. The van der Waals surface area contributed by atoms with Gasteiger partial charge >= 0.3 is 0 Å². The third-order valence-electron chi connectivity index (χ3n) is 4.50. The van der Waals surface area contributed by atoms with Crippen LogP contribution in [0, 0.1) is 11.7 Å². The van der Waals surface area contributed by atoms with Crippen molar-refractivity contribution in [2.45, 2.75) is 19.4 Å². The molecule has 0 spiro atoms. The van der Waals surface area contributed by atoms with E-state index in [9.17, 15) is 4.39 Å². The first-order valence-electron chi connectivity index (χ1n) is 8.62. The summed E-state index contributed by atoms with van der Waals surface area (Å²) < 4.78 is 18.8. The average molecular weight is 336 g/mol. The maximum absolute atomic E-state index is 13.6. The van der Waals surface area contributed by atoms with Gasteiger partial charge in [0.25, 0.3) is 0 Å². The van der Waals surface area contributed by atoms with Crippen LogP contribution in [-0.2, 0) is 11.3 Å². The zero-order chi connectivity index (χ0) is 17.2. The molecule has 6 heteroatoms. The van der Waals surface area contributed by atoms with Gasteiger partial charge in [0.1, 0.15) is 5.82 Å². The van der Waals surface area contributed by atoms with E-state index in [0.29, 0.717) is 18.0 Å². The van der Waals surface area contributed by atoms with Crippen molar-refractivity contribution in [1.29, 1.82) is 0 Å². The van der Waals surface area contributed by atoms with Gasteiger partial charge in [0.15, 0.2) is 5.96 Å². The average Bonchev–Trinajstić information content (AvgIpc) is 2.62. The molecule has 1 saturated heterocycles. The quantitative estimate of drug-likeness (QED) is 0.589. The van der Waals surface area contributed by atoms with Crippen LogP contribution in [-0.4, -0.2) is 57.8 Å². The Morgan fingerprint density at radius 3 is 2.71 bits per heavy atom. The molecule has 1 aromatic rings. The number of methoxy groups -OCH3 is 1. The SMILES string of the molecule is CN=C(NCc1ccccc1F)NCC1CCN(CCOC)CC1. The van der Waals surface area contributed by atoms with E-state index in [4.69, 9.17) is 4.74 Å². The summed E-state index contributed by atoms with van der Waals surface area (Å²) in [6.07, 6.45) is 2.36. The van der Waals surface area contributed by atoms with Crippen LogP contribution in [0.3, 0.4) is 0 Å². The molecule has 0 aromatic heterocycles. The second-order valence-electron chi connectivity index (χ2n) is 6.18. The van der Waals surface area contributed by atoms with Crippen molar-refractivity contribution in [2.24, 2.45) is 10.9 Å². The molecule has 0 atom stereocenters. The van der Waals surface area contributed by atoms with Crippen LogP contribution in [0.1, 0.15) is 18.4 Å². The van der Waals surface area contributed by atoms with Crippen LogP contribution >= 0.6 is 0 Å². The summed E-state index contributed by atoms with van der Waals surface area (Å²) in [5.74, 6) is 1.18. The normalized spacial score (nSPS) is 17.0. The molecule has 2 rings (SSSR count). The van der Waals surface area contributed by atoms with Crippen LogP contribution in [0.25, 0.3) is 0 Å². The molecule has 1 aromatic carbocycles. The van der Waals surface area contributed by atoms with Crippen molar-refractivity contribution in [2.75, 3.05) is 46.9 Å². The molecule has 1 fully saturated rings. The third kappa shape index (κ3) is 6.09. The zero-order valence-corrected chi connectivity index (χ0v) is 14.7. The highest BCUT2D eigenvalue weighted by Gasteiger charge is 2.19. The van der Waals surface area contributed by atoms with Crippen molar-refractivity contribution >= 4 is 5.96 Å². The predicted molar refractivity (Wildman–Crippen MR) is 95.6 cm³/mol. The summed E-state index contributed by atoms with van der Waals surface area (Å²) in [4.78, 5) is 6.67. The van der Waals surface area contributed by atoms with E-state index >= 15 is 0 Å². The Balaban J connectivity index is 1.68. The van der Waals surface area contributed by atoms with Gasteiger partial charge in [0, 0.05) is 39.4 Å². The highest BCUT2D eigenvalue weighted by Crippen LogP contribution is 2.16. The van der Waals surface area contributed by atoms with Gasteiger partial charge in [0.05, 0.1) is 6.61 Å².